The van der Waals surface area contributed by atoms with Crippen LogP contribution in [0.5, 0.6) is 0 Å². The molecule has 0 bridgehead atoms. The molecule has 0 radical (unpaired) electrons. The van der Waals surface area contributed by atoms with Crippen molar-refractivity contribution in [3.8, 4) is 0 Å². The SMILES string of the molecule is NCc1ccccc1CN1Cc2ccnn2C=C1N1CCCC(N)C1. The molecular weight excluding hydrogens is 312 g/mol. The standard InChI is InChI=1S/C19H26N6/c20-10-15-4-1-2-5-16(15)11-24-13-18-7-8-22-25(18)14-19(24)23-9-3-6-17(21)12-23/h1-2,4-5,7-8,14,17H,3,6,9-13,20-21H2. The summed E-state index contributed by atoms with van der Waals surface area (Å²) in [5, 5.41) is 4.43. The zero-order valence-corrected chi connectivity index (χ0v) is 14.5. The molecule has 2 aromatic rings. The van der Waals surface area contributed by atoms with Gasteiger partial charge in [-0.25, -0.2) is 4.68 Å². The molecule has 6 heteroatoms. The minimum atomic E-state index is 0.242. The number of aromatic nitrogens is 2. The predicted octanol–water partition coefficient (Wildman–Crippen LogP) is 1.54. The second-order valence-corrected chi connectivity index (χ2v) is 6.93. The van der Waals surface area contributed by atoms with Gasteiger partial charge >= 0.3 is 0 Å². The second-order valence-electron chi connectivity index (χ2n) is 6.93. The molecule has 0 aliphatic carbocycles. The Morgan fingerprint density at radius 3 is 2.80 bits per heavy atom. The summed E-state index contributed by atoms with van der Waals surface area (Å²) >= 11 is 0. The van der Waals surface area contributed by atoms with Gasteiger partial charge in [-0.3, -0.25) is 0 Å². The quantitative estimate of drug-likeness (QED) is 0.884. The molecule has 4 N–H and O–H groups in total. The number of rotatable bonds is 4. The Balaban J connectivity index is 1.65. The van der Waals surface area contributed by atoms with E-state index in [1.807, 2.05) is 10.9 Å². The minimum absolute atomic E-state index is 0.242. The maximum absolute atomic E-state index is 6.22. The number of hydrogen-bond donors (Lipinski definition) is 2. The molecule has 25 heavy (non-hydrogen) atoms. The third kappa shape index (κ3) is 3.27. The van der Waals surface area contributed by atoms with Gasteiger partial charge in [0.15, 0.2) is 0 Å². The molecule has 3 heterocycles. The van der Waals surface area contributed by atoms with Gasteiger partial charge in [0.05, 0.1) is 18.4 Å². The molecule has 1 aromatic carbocycles. The lowest BCUT2D eigenvalue weighted by atomic mass is 10.1. The molecule has 132 valence electrons. The van der Waals surface area contributed by atoms with E-state index in [4.69, 9.17) is 11.5 Å². The Morgan fingerprint density at radius 1 is 1.16 bits per heavy atom. The van der Waals surface area contributed by atoms with Crippen LogP contribution in [0.2, 0.25) is 0 Å². The number of likely N-dealkylation sites (tertiary alicyclic amines) is 1. The first-order valence-electron chi connectivity index (χ1n) is 9.01. The van der Waals surface area contributed by atoms with E-state index in [0.717, 1.165) is 39.0 Å². The van der Waals surface area contributed by atoms with Crippen LogP contribution >= 0.6 is 0 Å². The summed E-state index contributed by atoms with van der Waals surface area (Å²) in [6.07, 6.45) is 6.25. The molecule has 2 aliphatic heterocycles. The van der Waals surface area contributed by atoms with Gasteiger partial charge in [0, 0.05) is 38.4 Å². The van der Waals surface area contributed by atoms with E-state index in [1.165, 1.54) is 22.6 Å². The monoisotopic (exact) mass is 338 g/mol. The average molecular weight is 338 g/mol. The molecular formula is C19H26N6. The number of piperidine rings is 1. The number of nitrogens with zero attached hydrogens (tertiary/aromatic N) is 4. The topological polar surface area (TPSA) is 76.3 Å². The maximum atomic E-state index is 6.22. The summed E-state index contributed by atoms with van der Waals surface area (Å²) in [6.45, 7) is 4.20. The van der Waals surface area contributed by atoms with E-state index < -0.39 is 0 Å². The summed E-state index contributed by atoms with van der Waals surface area (Å²) in [6, 6.07) is 10.8. The molecule has 0 spiro atoms. The largest absolute Gasteiger partial charge is 0.355 e. The Bertz CT molecular complexity index is 765. The predicted molar refractivity (Wildman–Crippen MR) is 98.9 cm³/mol. The van der Waals surface area contributed by atoms with Crippen LogP contribution in [0, 0.1) is 0 Å². The van der Waals surface area contributed by atoms with E-state index in [0.29, 0.717) is 6.54 Å². The number of hydrogen-bond acceptors (Lipinski definition) is 5. The first-order valence-corrected chi connectivity index (χ1v) is 9.01. The van der Waals surface area contributed by atoms with Gasteiger partial charge in [-0.1, -0.05) is 24.3 Å². The highest BCUT2D eigenvalue weighted by atomic mass is 15.4. The first-order chi connectivity index (χ1) is 12.2. The van der Waals surface area contributed by atoms with Crippen molar-refractivity contribution < 1.29 is 0 Å². The van der Waals surface area contributed by atoms with Crippen LogP contribution in [-0.2, 0) is 19.6 Å². The van der Waals surface area contributed by atoms with Gasteiger partial charge in [0.25, 0.3) is 0 Å². The lowest BCUT2D eigenvalue weighted by Crippen LogP contribution is -2.47. The summed E-state index contributed by atoms with van der Waals surface area (Å²) in [4.78, 5) is 4.83. The Kier molecular flexibility index (Phi) is 4.46. The number of fused-ring (bicyclic) bond motifs is 1. The zero-order valence-electron chi connectivity index (χ0n) is 14.5. The average Bonchev–Trinajstić information content (AvgIpc) is 3.09. The minimum Gasteiger partial charge on any atom is -0.355 e. The van der Waals surface area contributed by atoms with Crippen molar-refractivity contribution in [2.75, 3.05) is 13.1 Å². The smallest absolute Gasteiger partial charge is 0.124 e. The van der Waals surface area contributed by atoms with Crippen molar-refractivity contribution in [1.29, 1.82) is 0 Å². The van der Waals surface area contributed by atoms with Crippen molar-refractivity contribution in [3.05, 3.63) is 59.2 Å². The van der Waals surface area contributed by atoms with E-state index in [-0.39, 0.29) is 6.04 Å². The van der Waals surface area contributed by atoms with E-state index in [2.05, 4.69) is 51.4 Å². The van der Waals surface area contributed by atoms with Crippen LogP contribution in [-0.4, -0.2) is 38.7 Å². The van der Waals surface area contributed by atoms with Crippen molar-refractivity contribution in [2.45, 2.75) is 38.5 Å². The highest BCUT2D eigenvalue weighted by molar-refractivity contribution is 5.36. The highest BCUT2D eigenvalue weighted by Crippen LogP contribution is 2.27. The van der Waals surface area contributed by atoms with Crippen LogP contribution in [0.3, 0.4) is 0 Å². The fourth-order valence-electron chi connectivity index (χ4n) is 3.80. The normalized spacial score (nSPS) is 20.4. The fraction of sp³-hybridized carbons (Fsp3) is 0.421. The number of nitrogens with two attached hydrogens (primary N) is 2. The first kappa shape index (κ1) is 16.2. The Labute approximate surface area is 148 Å². The Hall–Kier alpha value is -2.31. The summed E-state index contributed by atoms with van der Waals surface area (Å²) in [5.74, 6) is 1.21. The molecule has 0 amide bonds. The van der Waals surface area contributed by atoms with Crippen molar-refractivity contribution in [1.82, 2.24) is 19.6 Å². The number of benzene rings is 1. The van der Waals surface area contributed by atoms with Crippen LogP contribution in [0.1, 0.15) is 29.7 Å². The molecule has 1 aromatic heterocycles. The van der Waals surface area contributed by atoms with Gasteiger partial charge in [0.1, 0.15) is 5.82 Å². The van der Waals surface area contributed by atoms with Gasteiger partial charge in [-0.2, -0.15) is 5.10 Å². The highest BCUT2D eigenvalue weighted by Gasteiger charge is 2.27. The summed E-state index contributed by atoms with van der Waals surface area (Å²) < 4.78 is 1.99. The summed E-state index contributed by atoms with van der Waals surface area (Å²) in [5.41, 5.74) is 15.9. The van der Waals surface area contributed by atoms with Gasteiger partial charge in [-0.15, -0.1) is 0 Å². The third-order valence-electron chi connectivity index (χ3n) is 5.15. The lowest BCUT2D eigenvalue weighted by Gasteiger charge is -2.41. The molecule has 1 unspecified atom stereocenters. The summed E-state index contributed by atoms with van der Waals surface area (Å²) in [7, 11) is 0. The maximum Gasteiger partial charge on any atom is 0.124 e. The van der Waals surface area contributed by atoms with Crippen molar-refractivity contribution >= 4 is 6.20 Å². The van der Waals surface area contributed by atoms with Crippen LogP contribution in [0.4, 0.5) is 0 Å². The molecule has 0 saturated carbocycles. The van der Waals surface area contributed by atoms with Crippen molar-refractivity contribution in [2.24, 2.45) is 11.5 Å². The Morgan fingerprint density at radius 2 is 2.00 bits per heavy atom. The fourth-order valence-corrected chi connectivity index (χ4v) is 3.80. The molecule has 1 saturated heterocycles. The van der Waals surface area contributed by atoms with Crippen LogP contribution < -0.4 is 11.5 Å². The molecule has 2 aliphatic rings. The van der Waals surface area contributed by atoms with E-state index >= 15 is 0 Å². The molecule has 6 nitrogen and oxygen atoms in total. The van der Waals surface area contributed by atoms with Crippen LogP contribution in [0.25, 0.3) is 6.20 Å². The van der Waals surface area contributed by atoms with Crippen molar-refractivity contribution in [3.63, 3.8) is 0 Å². The zero-order chi connectivity index (χ0) is 17.2. The molecule has 4 rings (SSSR count). The van der Waals surface area contributed by atoms with Gasteiger partial charge in [0.2, 0.25) is 0 Å². The molecule has 1 fully saturated rings. The second kappa shape index (κ2) is 6.90. The van der Waals surface area contributed by atoms with Gasteiger partial charge in [-0.05, 0) is 30.0 Å². The van der Waals surface area contributed by atoms with Crippen LogP contribution in [0.15, 0.2) is 42.3 Å². The lowest BCUT2D eigenvalue weighted by molar-refractivity contribution is 0.159. The third-order valence-corrected chi connectivity index (χ3v) is 5.15. The van der Waals surface area contributed by atoms with E-state index in [1.54, 1.807) is 0 Å². The van der Waals surface area contributed by atoms with Gasteiger partial charge < -0.3 is 21.3 Å². The van der Waals surface area contributed by atoms with E-state index in [9.17, 15) is 0 Å². The molecule has 1 atom stereocenters.